The molecule has 0 aromatic carbocycles. The van der Waals surface area contributed by atoms with E-state index in [0.29, 0.717) is 0 Å². The van der Waals surface area contributed by atoms with Gasteiger partial charge in [0.1, 0.15) is 0 Å². The smallest absolute Gasteiger partial charge is 0.0265 e. The van der Waals surface area contributed by atoms with Gasteiger partial charge in [-0.15, -0.1) is 6.58 Å². The summed E-state index contributed by atoms with van der Waals surface area (Å²) in [7, 11) is 0. The summed E-state index contributed by atoms with van der Waals surface area (Å²) in [6.07, 6.45) is 11.8. The van der Waals surface area contributed by atoms with Crippen molar-refractivity contribution in [2.24, 2.45) is 5.92 Å². The second kappa shape index (κ2) is 8.83. The highest BCUT2D eigenvalue weighted by Gasteiger charge is 1.95. The molecule has 0 fully saturated rings. The van der Waals surface area contributed by atoms with E-state index in [2.05, 4.69) is 26.5 Å². The number of hydrogen-bond donors (Lipinski definition) is 0. The fourth-order valence-electron chi connectivity index (χ4n) is 1.36. The Hall–Kier alpha value is -0.260. The lowest BCUT2D eigenvalue weighted by Crippen LogP contribution is -1.88. The van der Waals surface area contributed by atoms with Crippen LogP contribution in [0, 0.1) is 5.92 Å². The molecular weight excluding hydrogens is 144 g/mol. The van der Waals surface area contributed by atoms with Gasteiger partial charge >= 0.3 is 0 Å². The molecule has 0 amide bonds. The minimum atomic E-state index is 0.719. The Kier molecular flexibility index (Phi) is 8.64. The van der Waals surface area contributed by atoms with E-state index in [9.17, 15) is 0 Å². The molecule has 0 bridgehead atoms. The van der Waals surface area contributed by atoms with E-state index in [4.69, 9.17) is 0 Å². The molecule has 0 rings (SSSR count). The van der Waals surface area contributed by atoms with Crippen LogP contribution in [0.5, 0.6) is 0 Å². The monoisotopic (exact) mass is 168 g/mol. The SMILES string of the molecule is C=C[C@H](C)CCCCCCCC. The van der Waals surface area contributed by atoms with Gasteiger partial charge in [-0.05, 0) is 12.3 Å². The Morgan fingerprint density at radius 3 is 2.25 bits per heavy atom. The molecule has 0 saturated carbocycles. The van der Waals surface area contributed by atoms with Crippen LogP contribution in [-0.4, -0.2) is 0 Å². The van der Waals surface area contributed by atoms with Crippen LogP contribution in [0.4, 0.5) is 0 Å². The molecule has 0 aliphatic carbocycles. The van der Waals surface area contributed by atoms with Crippen LogP contribution in [0.25, 0.3) is 0 Å². The van der Waals surface area contributed by atoms with Crippen molar-refractivity contribution in [2.75, 3.05) is 0 Å². The summed E-state index contributed by atoms with van der Waals surface area (Å²) in [5, 5.41) is 0. The van der Waals surface area contributed by atoms with Crippen molar-refractivity contribution < 1.29 is 0 Å². The third kappa shape index (κ3) is 7.84. The molecule has 0 aromatic rings. The van der Waals surface area contributed by atoms with Gasteiger partial charge in [-0.2, -0.15) is 0 Å². The average molecular weight is 168 g/mol. The van der Waals surface area contributed by atoms with Crippen LogP contribution in [-0.2, 0) is 0 Å². The molecule has 0 radical (unpaired) electrons. The minimum absolute atomic E-state index is 0.719. The van der Waals surface area contributed by atoms with E-state index < -0.39 is 0 Å². The molecule has 1 atom stereocenters. The van der Waals surface area contributed by atoms with E-state index in [-0.39, 0.29) is 0 Å². The van der Waals surface area contributed by atoms with Gasteiger partial charge in [0.15, 0.2) is 0 Å². The van der Waals surface area contributed by atoms with Crippen molar-refractivity contribution in [2.45, 2.75) is 58.8 Å². The highest BCUT2D eigenvalue weighted by molar-refractivity contribution is 4.74. The molecule has 0 unspecified atom stereocenters. The van der Waals surface area contributed by atoms with Crippen molar-refractivity contribution in [1.29, 1.82) is 0 Å². The summed E-state index contributed by atoms with van der Waals surface area (Å²) in [5.41, 5.74) is 0. The molecule has 0 heterocycles. The Morgan fingerprint density at radius 1 is 1.08 bits per heavy atom. The van der Waals surface area contributed by atoms with Gasteiger partial charge in [-0.25, -0.2) is 0 Å². The molecule has 0 nitrogen and oxygen atoms in total. The van der Waals surface area contributed by atoms with E-state index >= 15 is 0 Å². The Bertz CT molecular complexity index is 94.2. The number of rotatable bonds is 8. The molecule has 0 saturated heterocycles. The van der Waals surface area contributed by atoms with E-state index in [0.717, 1.165) is 5.92 Å². The largest absolute Gasteiger partial charge is 0.103 e. The quantitative estimate of drug-likeness (QED) is 0.368. The lowest BCUT2D eigenvalue weighted by atomic mass is 10.0. The maximum atomic E-state index is 3.79. The summed E-state index contributed by atoms with van der Waals surface area (Å²) in [5.74, 6) is 0.719. The van der Waals surface area contributed by atoms with Crippen molar-refractivity contribution in [1.82, 2.24) is 0 Å². The zero-order chi connectivity index (χ0) is 9.23. The van der Waals surface area contributed by atoms with Crippen LogP contribution in [0.3, 0.4) is 0 Å². The topological polar surface area (TPSA) is 0 Å². The van der Waals surface area contributed by atoms with Crippen molar-refractivity contribution >= 4 is 0 Å². The second-order valence-electron chi connectivity index (χ2n) is 3.77. The number of hydrogen-bond acceptors (Lipinski definition) is 0. The zero-order valence-electron chi connectivity index (χ0n) is 8.81. The molecule has 72 valence electrons. The van der Waals surface area contributed by atoms with Gasteiger partial charge in [-0.3, -0.25) is 0 Å². The summed E-state index contributed by atoms with van der Waals surface area (Å²) < 4.78 is 0. The van der Waals surface area contributed by atoms with Crippen molar-refractivity contribution in [3.63, 3.8) is 0 Å². The van der Waals surface area contributed by atoms with Gasteiger partial charge in [0.05, 0.1) is 0 Å². The molecule has 0 spiro atoms. The molecule has 0 aromatic heterocycles. The lowest BCUT2D eigenvalue weighted by Gasteiger charge is -2.04. The van der Waals surface area contributed by atoms with Crippen LogP contribution in [0.2, 0.25) is 0 Å². The van der Waals surface area contributed by atoms with Crippen molar-refractivity contribution in [3.8, 4) is 0 Å². The maximum Gasteiger partial charge on any atom is -0.0265 e. The zero-order valence-corrected chi connectivity index (χ0v) is 8.81. The maximum absolute atomic E-state index is 3.79. The predicted octanol–water partition coefficient (Wildman–Crippen LogP) is 4.56. The van der Waals surface area contributed by atoms with Gasteiger partial charge in [-0.1, -0.05) is 58.4 Å². The molecule has 0 aliphatic heterocycles. The predicted molar refractivity (Wildman–Crippen MR) is 57.4 cm³/mol. The molecule has 12 heavy (non-hydrogen) atoms. The number of unbranched alkanes of at least 4 members (excludes halogenated alkanes) is 5. The molecular formula is C12H24. The van der Waals surface area contributed by atoms with Gasteiger partial charge in [0.2, 0.25) is 0 Å². The first-order valence-corrected chi connectivity index (χ1v) is 5.43. The highest BCUT2D eigenvalue weighted by atomic mass is 14.0. The van der Waals surface area contributed by atoms with Crippen LogP contribution in [0.1, 0.15) is 58.8 Å². The lowest BCUT2D eigenvalue weighted by molar-refractivity contribution is 0.543. The average Bonchev–Trinajstić information content (AvgIpc) is 2.10. The van der Waals surface area contributed by atoms with E-state index in [1.165, 1.54) is 44.9 Å². The number of allylic oxidation sites excluding steroid dienone is 1. The standard InChI is InChI=1S/C12H24/c1-4-6-7-8-9-10-11-12(3)5-2/h5,12H,2,4,6-11H2,1,3H3/t12-/m0/s1. The summed E-state index contributed by atoms with van der Waals surface area (Å²) in [4.78, 5) is 0. The first kappa shape index (κ1) is 11.7. The van der Waals surface area contributed by atoms with E-state index in [1.807, 2.05) is 0 Å². The van der Waals surface area contributed by atoms with Gasteiger partial charge in [0, 0.05) is 0 Å². The minimum Gasteiger partial charge on any atom is -0.103 e. The Balaban J connectivity index is 2.95. The fraction of sp³-hybridized carbons (Fsp3) is 0.833. The third-order valence-electron chi connectivity index (χ3n) is 2.42. The van der Waals surface area contributed by atoms with E-state index in [1.54, 1.807) is 0 Å². The Morgan fingerprint density at radius 2 is 1.67 bits per heavy atom. The van der Waals surface area contributed by atoms with Crippen LogP contribution >= 0.6 is 0 Å². The first-order valence-electron chi connectivity index (χ1n) is 5.43. The summed E-state index contributed by atoms with van der Waals surface area (Å²) in [6, 6.07) is 0. The first-order chi connectivity index (χ1) is 5.81. The summed E-state index contributed by atoms with van der Waals surface area (Å²) >= 11 is 0. The van der Waals surface area contributed by atoms with Gasteiger partial charge in [0.25, 0.3) is 0 Å². The van der Waals surface area contributed by atoms with Gasteiger partial charge < -0.3 is 0 Å². The second-order valence-corrected chi connectivity index (χ2v) is 3.77. The molecule has 0 aliphatic rings. The molecule has 0 N–H and O–H groups in total. The Labute approximate surface area is 78.1 Å². The van der Waals surface area contributed by atoms with Crippen LogP contribution in [0.15, 0.2) is 12.7 Å². The normalized spacial score (nSPS) is 12.8. The van der Waals surface area contributed by atoms with Crippen LogP contribution < -0.4 is 0 Å². The fourth-order valence-corrected chi connectivity index (χ4v) is 1.36. The van der Waals surface area contributed by atoms with Crippen molar-refractivity contribution in [3.05, 3.63) is 12.7 Å². The third-order valence-corrected chi connectivity index (χ3v) is 2.42. The highest BCUT2D eigenvalue weighted by Crippen LogP contribution is 2.12. The summed E-state index contributed by atoms with van der Waals surface area (Å²) in [6.45, 7) is 8.30. The molecule has 0 heteroatoms.